The Morgan fingerprint density at radius 3 is 2.40 bits per heavy atom. The molecule has 0 aliphatic rings. The standard InChI is InChI=1S/C25H28N2O2S/c1-18(2)16-24(20-9-13-22(28-4)14-10-20)27(17-23-6-5-15-29-23)25(30)26-21-11-7-19(3)8-12-21/h5-15,24H,1,16-17H2,2-4H3,(H,26,30)/t24-/m0/s1. The summed E-state index contributed by atoms with van der Waals surface area (Å²) >= 11 is 5.86. The van der Waals surface area contributed by atoms with Crippen molar-refractivity contribution in [2.45, 2.75) is 32.9 Å². The van der Waals surface area contributed by atoms with Gasteiger partial charge in [0.25, 0.3) is 0 Å². The molecule has 1 heterocycles. The maximum atomic E-state index is 5.86. The molecule has 0 aliphatic heterocycles. The average molecular weight is 421 g/mol. The lowest BCUT2D eigenvalue weighted by molar-refractivity contribution is 0.284. The monoisotopic (exact) mass is 420 g/mol. The largest absolute Gasteiger partial charge is 0.497 e. The van der Waals surface area contributed by atoms with Crippen molar-refractivity contribution in [1.82, 2.24) is 4.90 Å². The Balaban J connectivity index is 1.93. The first-order valence-electron chi connectivity index (χ1n) is 9.91. The lowest BCUT2D eigenvalue weighted by Crippen LogP contribution is -2.37. The molecule has 156 valence electrons. The number of hydrogen-bond donors (Lipinski definition) is 1. The summed E-state index contributed by atoms with van der Waals surface area (Å²) in [6.45, 7) is 8.81. The van der Waals surface area contributed by atoms with Crippen molar-refractivity contribution < 1.29 is 9.15 Å². The van der Waals surface area contributed by atoms with Crippen molar-refractivity contribution in [3.63, 3.8) is 0 Å². The zero-order chi connectivity index (χ0) is 21.5. The van der Waals surface area contributed by atoms with Crippen molar-refractivity contribution in [3.05, 3.63) is 96.0 Å². The van der Waals surface area contributed by atoms with Crippen LogP contribution in [0, 0.1) is 6.92 Å². The quantitative estimate of drug-likeness (QED) is 0.332. The minimum absolute atomic E-state index is 0.00366. The number of ether oxygens (including phenoxy) is 1. The second-order valence-electron chi connectivity index (χ2n) is 7.45. The normalized spacial score (nSPS) is 11.6. The number of methoxy groups -OCH3 is 1. The molecule has 2 aromatic carbocycles. The smallest absolute Gasteiger partial charge is 0.174 e. The maximum Gasteiger partial charge on any atom is 0.174 e. The van der Waals surface area contributed by atoms with E-state index in [1.807, 2.05) is 43.3 Å². The first-order valence-corrected chi connectivity index (χ1v) is 10.3. The Labute approximate surface area is 184 Å². The average Bonchev–Trinajstić information content (AvgIpc) is 3.25. The summed E-state index contributed by atoms with van der Waals surface area (Å²) < 4.78 is 11.0. The zero-order valence-corrected chi connectivity index (χ0v) is 18.5. The topological polar surface area (TPSA) is 37.6 Å². The molecule has 5 heteroatoms. The van der Waals surface area contributed by atoms with Crippen molar-refractivity contribution in [2.24, 2.45) is 0 Å². The Morgan fingerprint density at radius 1 is 1.13 bits per heavy atom. The minimum atomic E-state index is 0.00366. The number of furan rings is 1. The fourth-order valence-corrected chi connectivity index (χ4v) is 3.60. The fraction of sp³-hybridized carbons (Fsp3) is 0.240. The molecule has 0 fully saturated rings. The number of rotatable bonds is 8. The molecule has 0 unspecified atom stereocenters. The summed E-state index contributed by atoms with van der Waals surface area (Å²) in [7, 11) is 1.67. The summed E-state index contributed by atoms with van der Waals surface area (Å²) in [5, 5.41) is 4.03. The number of anilines is 1. The molecule has 1 aromatic heterocycles. The molecule has 3 rings (SSSR count). The molecule has 0 saturated heterocycles. The lowest BCUT2D eigenvalue weighted by Gasteiger charge is -2.34. The van der Waals surface area contributed by atoms with Gasteiger partial charge in [0, 0.05) is 5.69 Å². The fourth-order valence-electron chi connectivity index (χ4n) is 3.29. The number of thiocarbonyl (C=S) groups is 1. The first kappa shape index (κ1) is 21.7. The van der Waals surface area contributed by atoms with Crippen LogP contribution in [0.1, 0.15) is 36.3 Å². The molecule has 4 nitrogen and oxygen atoms in total. The van der Waals surface area contributed by atoms with Crippen LogP contribution in [0.3, 0.4) is 0 Å². The van der Waals surface area contributed by atoms with Crippen molar-refractivity contribution in [3.8, 4) is 5.75 Å². The third-order valence-corrected chi connectivity index (χ3v) is 5.23. The van der Waals surface area contributed by atoms with Crippen molar-refractivity contribution >= 4 is 23.0 Å². The van der Waals surface area contributed by atoms with Crippen LogP contribution in [0.25, 0.3) is 0 Å². The Kier molecular flexibility index (Phi) is 7.31. The van der Waals surface area contributed by atoms with E-state index in [0.717, 1.165) is 34.8 Å². The summed E-state index contributed by atoms with van der Waals surface area (Å²) in [6, 6.07) is 20.2. The molecule has 0 bridgehead atoms. The van der Waals surface area contributed by atoms with Gasteiger partial charge >= 0.3 is 0 Å². The van der Waals surface area contributed by atoms with Crippen LogP contribution >= 0.6 is 12.2 Å². The van der Waals surface area contributed by atoms with Gasteiger partial charge in [0.2, 0.25) is 0 Å². The second kappa shape index (κ2) is 10.1. The molecular formula is C25H28N2O2S. The highest BCUT2D eigenvalue weighted by Crippen LogP contribution is 2.31. The summed E-state index contributed by atoms with van der Waals surface area (Å²) in [5.74, 6) is 1.68. The van der Waals surface area contributed by atoms with Gasteiger partial charge in [0.05, 0.1) is 26.0 Å². The predicted octanol–water partition coefficient (Wildman–Crippen LogP) is 6.50. The highest BCUT2D eigenvalue weighted by molar-refractivity contribution is 7.80. The van der Waals surface area contributed by atoms with E-state index < -0.39 is 0 Å². The summed E-state index contributed by atoms with van der Waals surface area (Å²) in [4.78, 5) is 2.16. The van der Waals surface area contributed by atoms with E-state index in [2.05, 4.69) is 48.0 Å². The molecule has 30 heavy (non-hydrogen) atoms. The Morgan fingerprint density at radius 2 is 1.83 bits per heavy atom. The molecule has 0 amide bonds. The minimum Gasteiger partial charge on any atom is -0.497 e. The van der Waals surface area contributed by atoms with E-state index in [1.165, 1.54) is 5.56 Å². The lowest BCUT2D eigenvalue weighted by atomic mass is 9.98. The Bertz CT molecular complexity index is 963. The van der Waals surface area contributed by atoms with Crippen molar-refractivity contribution in [2.75, 3.05) is 12.4 Å². The van der Waals surface area contributed by atoms with Crippen LogP contribution in [0.15, 0.2) is 83.5 Å². The van der Waals surface area contributed by atoms with Gasteiger partial charge in [0.1, 0.15) is 11.5 Å². The zero-order valence-electron chi connectivity index (χ0n) is 17.7. The van der Waals surface area contributed by atoms with E-state index >= 15 is 0 Å². The molecule has 1 atom stereocenters. The SMILES string of the molecule is C=C(C)C[C@@H](c1ccc(OC)cc1)N(Cc1ccco1)C(=S)Nc1ccc(C)cc1. The molecule has 0 aliphatic carbocycles. The van der Waals surface area contributed by atoms with E-state index in [4.69, 9.17) is 21.4 Å². The molecule has 0 saturated carbocycles. The maximum absolute atomic E-state index is 5.86. The van der Waals surface area contributed by atoms with Crippen LogP contribution in [0.5, 0.6) is 5.75 Å². The van der Waals surface area contributed by atoms with Crippen LogP contribution in [0.4, 0.5) is 5.69 Å². The first-order chi connectivity index (χ1) is 14.5. The number of benzene rings is 2. The molecule has 1 N–H and O–H groups in total. The van der Waals surface area contributed by atoms with Crippen LogP contribution in [0.2, 0.25) is 0 Å². The van der Waals surface area contributed by atoms with Gasteiger partial charge in [-0.15, -0.1) is 6.58 Å². The summed E-state index contributed by atoms with van der Waals surface area (Å²) in [6.07, 6.45) is 2.45. The Hall–Kier alpha value is -3.05. The second-order valence-corrected chi connectivity index (χ2v) is 7.84. The van der Waals surface area contributed by atoms with E-state index in [-0.39, 0.29) is 6.04 Å². The van der Waals surface area contributed by atoms with Crippen LogP contribution in [-0.2, 0) is 6.54 Å². The van der Waals surface area contributed by atoms with Crippen LogP contribution in [-0.4, -0.2) is 17.1 Å². The van der Waals surface area contributed by atoms with E-state index in [1.54, 1.807) is 13.4 Å². The number of hydrogen-bond acceptors (Lipinski definition) is 3. The van der Waals surface area contributed by atoms with Gasteiger partial charge < -0.3 is 19.4 Å². The van der Waals surface area contributed by atoms with Gasteiger partial charge in [-0.3, -0.25) is 0 Å². The highest BCUT2D eigenvalue weighted by atomic mass is 32.1. The van der Waals surface area contributed by atoms with E-state index in [0.29, 0.717) is 11.7 Å². The van der Waals surface area contributed by atoms with Crippen molar-refractivity contribution in [1.29, 1.82) is 0 Å². The van der Waals surface area contributed by atoms with Gasteiger partial charge in [-0.1, -0.05) is 35.4 Å². The van der Waals surface area contributed by atoms with Crippen LogP contribution < -0.4 is 10.1 Å². The molecular weight excluding hydrogens is 392 g/mol. The van der Waals surface area contributed by atoms with Gasteiger partial charge in [0.15, 0.2) is 5.11 Å². The third-order valence-electron chi connectivity index (χ3n) is 4.89. The number of nitrogens with zero attached hydrogens (tertiary/aromatic N) is 1. The van der Waals surface area contributed by atoms with E-state index in [9.17, 15) is 0 Å². The molecule has 3 aromatic rings. The molecule has 0 spiro atoms. The number of nitrogens with one attached hydrogen (secondary N) is 1. The van der Waals surface area contributed by atoms with Gasteiger partial charge in [-0.05, 0) is 74.4 Å². The predicted molar refractivity (Wildman–Crippen MR) is 127 cm³/mol. The summed E-state index contributed by atoms with van der Waals surface area (Å²) in [5.41, 5.74) is 4.38. The number of aryl methyl sites for hydroxylation is 1. The third kappa shape index (κ3) is 5.74. The molecule has 0 radical (unpaired) electrons. The van der Waals surface area contributed by atoms with Gasteiger partial charge in [-0.2, -0.15) is 0 Å². The highest BCUT2D eigenvalue weighted by Gasteiger charge is 2.24. The van der Waals surface area contributed by atoms with Gasteiger partial charge in [-0.25, -0.2) is 0 Å².